The normalized spacial score (nSPS) is 21.3. The molecule has 0 saturated heterocycles. The van der Waals surface area contributed by atoms with Gasteiger partial charge in [0.1, 0.15) is 11.3 Å². The summed E-state index contributed by atoms with van der Waals surface area (Å²) in [5.41, 5.74) is 1.67. The van der Waals surface area contributed by atoms with E-state index in [0.717, 1.165) is 23.8 Å². The zero-order valence-corrected chi connectivity index (χ0v) is 10.6. The molecule has 94 valence electrons. The van der Waals surface area contributed by atoms with Gasteiger partial charge in [-0.15, -0.1) is 0 Å². The maximum absolute atomic E-state index is 5.82. The van der Waals surface area contributed by atoms with Gasteiger partial charge in [-0.3, -0.25) is 0 Å². The highest BCUT2D eigenvalue weighted by Crippen LogP contribution is 2.60. The summed E-state index contributed by atoms with van der Waals surface area (Å²) < 4.78 is 5.82. The standard InChI is InChI=1S/C16H19NO/c1-2-4-15-12(3-1)9-14(18-15)10-17-11-16(7-8-16)13-5-6-13/h1-4,9,13,17H,5-8,10-11H2. The van der Waals surface area contributed by atoms with E-state index in [2.05, 4.69) is 23.5 Å². The molecule has 2 aliphatic carbocycles. The van der Waals surface area contributed by atoms with Crippen molar-refractivity contribution in [1.82, 2.24) is 5.32 Å². The Labute approximate surface area is 107 Å². The number of hydrogen-bond donors (Lipinski definition) is 1. The van der Waals surface area contributed by atoms with E-state index >= 15 is 0 Å². The van der Waals surface area contributed by atoms with Crippen LogP contribution in [0.4, 0.5) is 0 Å². The van der Waals surface area contributed by atoms with E-state index < -0.39 is 0 Å². The summed E-state index contributed by atoms with van der Waals surface area (Å²) in [6.45, 7) is 2.04. The molecule has 0 spiro atoms. The summed E-state index contributed by atoms with van der Waals surface area (Å²) in [7, 11) is 0. The molecule has 0 amide bonds. The number of benzene rings is 1. The molecular formula is C16H19NO. The Morgan fingerprint density at radius 2 is 2.06 bits per heavy atom. The number of hydrogen-bond acceptors (Lipinski definition) is 2. The Morgan fingerprint density at radius 3 is 2.78 bits per heavy atom. The highest BCUT2D eigenvalue weighted by Gasteiger charge is 2.53. The minimum atomic E-state index is 0.673. The van der Waals surface area contributed by atoms with Crippen LogP contribution < -0.4 is 5.32 Å². The van der Waals surface area contributed by atoms with Crippen molar-refractivity contribution in [3.8, 4) is 0 Å². The summed E-state index contributed by atoms with van der Waals surface area (Å²) in [5, 5.41) is 4.80. The summed E-state index contributed by atoms with van der Waals surface area (Å²) in [5.74, 6) is 2.09. The lowest BCUT2D eigenvalue weighted by Gasteiger charge is -2.13. The molecule has 0 radical (unpaired) electrons. The maximum atomic E-state index is 5.82. The number of furan rings is 1. The van der Waals surface area contributed by atoms with Crippen LogP contribution in [0.2, 0.25) is 0 Å². The van der Waals surface area contributed by atoms with E-state index in [-0.39, 0.29) is 0 Å². The Balaban J connectivity index is 1.39. The Kier molecular flexibility index (Phi) is 2.28. The van der Waals surface area contributed by atoms with Crippen LogP contribution in [0.15, 0.2) is 34.7 Å². The van der Waals surface area contributed by atoms with Crippen LogP contribution in [0.1, 0.15) is 31.4 Å². The topological polar surface area (TPSA) is 25.2 Å². The van der Waals surface area contributed by atoms with Gasteiger partial charge in [-0.05, 0) is 49.1 Å². The number of para-hydroxylation sites is 1. The first-order valence-electron chi connectivity index (χ1n) is 7.04. The van der Waals surface area contributed by atoms with Gasteiger partial charge < -0.3 is 9.73 Å². The van der Waals surface area contributed by atoms with Crippen molar-refractivity contribution < 1.29 is 4.42 Å². The summed E-state index contributed by atoms with van der Waals surface area (Å²) >= 11 is 0. The first kappa shape index (κ1) is 10.6. The average molecular weight is 241 g/mol. The molecule has 18 heavy (non-hydrogen) atoms. The van der Waals surface area contributed by atoms with E-state index in [1.54, 1.807) is 0 Å². The fraction of sp³-hybridized carbons (Fsp3) is 0.500. The minimum Gasteiger partial charge on any atom is -0.460 e. The molecule has 1 heterocycles. The van der Waals surface area contributed by atoms with E-state index in [4.69, 9.17) is 4.42 Å². The summed E-state index contributed by atoms with van der Waals surface area (Å²) in [6.07, 6.45) is 5.80. The highest BCUT2D eigenvalue weighted by molar-refractivity contribution is 5.77. The second kappa shape index (κ2) is 3.86. The monoisotopic (exact) mass is 241 g/mol. The fourth-order valence-corrected chi connectivity index (χ4v) is 3.14. The van der Waals surface area contributed by atoms with Crippen molar-refractivity contribution in [3.05, 3.63) is 36.1 Å². The number of rotatable bonds is 5. The van der Waals surface area contributed by atoms with E-state index in [0.29, 0.717) is 5.41 Å². The fourth-order valence-electron chi connectivity index (χ4n) is 3.14. The van der Waals surface area contributed by atoms with Crippen molar-refractivity contribution in [2.75, 3.05) is 6.54 Å². The van der Waals surface area contributed by atoms with Crippen molar-refractivity contribution >= 4 is 11.0 Å². The van der Waals surface area contributed by atoms with Crippen molar-refractivity contribution in [2.45, 2.75) is 32.2 Å². The molecule has 2 fully saturated rings. The zero-order valence-electron chi connectivity index (χ0n) is 10.6. The van der Waals surface area contributed by atoms with Crippen molar-refractivity contribution in [1.29, 1.82) is 0 Å². The van der Waals surface area contributed by atoms with Gasteiger partial charge >= 0.3 is 0 Å². The quantitative estimate of drug-likeness (QED) is 0.863. The number of fused-ring (bicyclic) bond motifs is 1. The van der Waals surface area contributed by atoms with Crippen LogP contribution in [0, 0.1) is 11.3 Å². The predicted octanol–water partition coefficient (Wildman–Crippen LogP) is 3.71. The lowest BCUT2D eigenvalue weighted by Crippen LogP contribution is -2.24. The molecule has 0 atom stereocenters. The van der Waals surface area contributed by atoms with Gasteiger partial charge in [-0.2, -0.15) is 0 Å². The molecule has 1 aromatic heterocycles. The Morgan fingerprint density at radius 1 is 1.22 bits per heavy atom. The summed E-state index contributed by atoms with van der Waals surface area (Å²) in [6, 6.07) is 10.4. The molecule has 1 N–H and O–H groups in total. The molecule has 1 aromatic carbocycles. The van der Waals surface area contributed by atoms with Gasteiger partial charge in [0, 0.05) is 11.9 Å². The van der Waals surface area contributed by atoms with Crippen molar-refractivity contribution in [2.24, 2.45) is 11.3 Å². The van der Waals surface area contributed by atoms with Crippen LogP contribution in [0.5, 0.6) is 0 Å². The maximum Gasteiger partial charge on any atom is 0.134 e. The molecule has 0 unspecified atom stereocenters. The zero-order chi connectivity index (χ0) is 12.0. The smallest absolute Gasteiger partial charge is 0.134 e. The lowest BCUT2D eigenvalue weighted by molar-refractivity contribution is 0.391. The van der Waals surface area contributed by atoms with Gasteiger partial charge in [0.25, 0.3) is 0 Å². The van der Waals surface area contributed by atoms with Gasteiger partial charge in [0.15, 0.2) is 0 Å². The van der Waals surface area contributed by atoms with Crippen molar-refractivity contribution in [3.63, 3.8) is 0 Å². The highest BCUT2D eigenvalue weighted by atomic mass is 16.3. The van der Waals surface area contributed by atoms with Gasteiger partial charge in [0.05, 0.1) is 6.54 Å². The second-order valence-electron chi connectivity index (χ2n) is 5.99. The molecule has 0 aliphatic heterocycles. The van der Waals surface area contributed by atoms with Crippen LogP contribution in [-0.2, 0) is 6.54 Å². The second-order valence-corrected chi connectivity index (χ2v) is 5.99. The van der Waals surface area contributed by atoms with Crippen LogP contribution in [-0.4, -0.2) is 6.54 Å². The third-order valence-electron chi connectivity index (χ3n) is 4.59. The first-order chi connectivity index (χ1) is 8.86. The third-order valence-corrected chi connectivity index (χ3v) is 4.59. The molecule has 2 aromatic rings. The SMILES string of the molecule is c1ccc2oc(CNCC3(C4CC4)CC3)cc2c1. The lowest BCUT2D eigenvalue weighted by atomic mass is 10.0. The molecule has 0 bridgehead atoms. The van der Waals surface area contributed by atoms with Crippen LogP contribution >= 0.6 is 0 Å². The molecule has 4 rings (SSSR count). The summed E-state index contributed by atoms with van der Waals surface area (Å²) in [4.78, 5) is 0. The Bertz CT molecular complexity index is 530. The van der Waals surface area contributed by atoms with E-state index in [1.165, 1.54) is 37.6 Å². The van der Waals surface area contributed by atoms with E-state index in [1.807, 2.05) is 12.1 Å². The average Bonchev–Trinajstić information content (AvgIpc) is 3.26. The third kappa shape index (κ3) is 1.85. The largest absolute Gasteiger partial charge is 0.460 e. The molecular weight excluding hydrogens is 222 g/mol. The predicted molar refractivity (Wildman–Crippen MR) is 72.3 cm³/mol. The molecule has 2 nitrogen and oxygen atoms in total. The molecule has 2 saturated carbocycles. The number of nitrogens with one attached hydrogen (secondary N) is 1. The van der Waals surface area contributed by atoms with Crippen LogP contribution in [0.25, 0.3) is 11.0 Å². The van der Waals surface area contributed by atoms with Gasteiger partial charge in [-0.1, -0.05) is 18.2 Å². The molecule has 2 heteroatoms. The molecule has 2 aliphatic rings. The Hall–Kier alpha value is -1.28. The first-order valence-corrected chi connectivity index (χ1v) is 7.04. The van der Waals surface area contributed by atoms with E-state index in [9.17, 15) is 0 Å². The van der Waals surface area contributed by atoms with Gasteiger partial charge in [0.2, 0.25) is 0 Å². The van der Waals surface area contributed by atoms with Crippen LogP contribution in [0.3, 0.4) is 0 Å². The minimum absolute atomic E-state index is 0.673. The van der Waals surface area contributed by atoms with Gasteiger partial charge in [-0.25, -0.2) is 0 Å².